The van der Waals surface area contributed by atoms with Gasteiger partial charge >= 0.3 is 0 Å². The molecule has 0 unspecified atom stereocenters. The van der Waals surface area contributed by atoms with E-state index < -0.39 is 20.0 Å². The van der Waals surface area contributed by atoms with Crippen molar-refractivity contribution in [1.29, 1.82) is 0 Å². The molecule has 0 amide bonds. The predicted molar refractivity (Wildman–Crippen MR) is 104 cm³/mol. The summed E-state index contributed by atoms with van der Waals surface area (Å²) in [6.45, 7) is 6.99. The summed E-state index contributed by atoms with van der Waals surface area (Å²) in [6.07, 6.45) is 2.45. The van der Waals surface area contributed by atoms with Gasteiger partial charge in [-0.3, -0.25) is 0 Å². The molecule has 0 spiro atoms. The highest BCUT2D eigenvalue weighted by atomic mass is 32.2. The lowest BCUT2D eigenvalue weighted by Gasteiger charge is -2.33. The summed E-state index contributed by atoms with van der Waals surface area (Å²) >= 11 is 0. The molecule has 1 aromatic rings. The van der Waals surface area contributed by atoms with Gasteiger partial charge in [0, 0.05) is 26.2 Å². The lowest BCUT2D eigenvalue weighted by molar-refractivity contribution is 0.272. The Morgan fingerprint density at radius 3 is 1.96 bits per heavy atom. The quantitative estimate of drug-likeness (QED) is 0.670. The third-order valence-electron chi connectivity index (χ3n) is 5.05. The van der Waals surface area contributed by atoms with Gasteiger partial charge in [0.1, 0.15) is 0 Å². The highest BCUT2D eigenvalue weighted by molar-refractivity contribution is 7.89. The van der Waals surface area contributed by atoms with E-state index in [-0.39, 0.29) is 36.8 Å². The Bertz CT molecular complexity index is 781. The Morgan fingerprint density at radius 1 is 0.923 bits per heavy atom. The first-order valence-corrected chi connectivity index (χ1v) is 12.3. The molecule has 0 saturated carbocycles. The predicted octanol–water partition coefficient (Wildman–Crippen LogP) is 2.64. The van der Waals surface area contributed by atoms with Gasteiger partial charge in [-0.25, -0.2) is 16.8 Å². The first-order chi connectivity index (χ1) is 12.2. The molecular weight excluding hydrogens is 372 g/mol. The van der Waals surface area contributed by atoms with Crippen molar-refractivity contribution in [2.24, 2.45) is 0 Å². The molecule has 1 aliphatic heterocycles. The molecule has 1 aliphatic rings. The molecular formula is C18H30N2O4S2. The monoisotopic (exact) mass is 402 g/mol. The molecule has 8 heteroatoms. The highest BCUT2D eigenvalue weighted by Crippen LogP contribution is 2.23. The number of unbranched alkanes of at least 4 members (excludes halogenated alkanes) is 1. The molecule has 0 N–H and O–H groups in total. The van der Waals surface area contributed by atoms with Gasteiger partial charge in [0.05, 0.1) is 10.6 Å². The summed E-state index contributed by atoms with van der Waals surface area (Å²) in [4.78, 5) is 0.270. The number of rotatable bonds is 8. The van der Waals surface area contributed by atoms with Crippen LogP contribution in [0.15, 0.2) is 29.2 Å². The van der Waals surface area contributed by atoms with Crippen molar-refractivity contribution in [3.8, 4) is 0 Å². The third kappa shape index (κ3) is 4.85. The van der Waals surface area contributed by atoms with Gasteiger partial charge in [-0.15, -0.1) is 0 Å². The van der Waals surface area contributed by atoms with Gasteiger partial charge in [-0.2, -0.15) is 8.61 Å². The molecule has 1 fully saturated rings. The zero-order valence-electron chi connectivity index (χ0n) is 15.9. The standard InChI is InChI=1S/C18H30N2O4S2/c1-4-6-15-25(21,22)19-11-13-20(14-12-19)26(23,24)18-9-7-17(8-10-18)16(3)5-2/h7-10,16H,4-6,11-15H2,1-3H3/t16-/m1/s1. The van der Waals surface area contributed by atoms with E-state index in [0.29, 0.717) is 12.3 Å². The number of sulfonamides is 2. The molecule has 26 heavy (non-hydrogen) atoms. The third-order valence-corrected chi connectivity index (χ3v) is 8.92. The minimum Gasteiger partial charge on any atom is -0.212 e. The van der Waals surface area contributed by atoms with E-state index in [9.17, 15) is 16.8 Å². The molecule has 1 aromatic carbocycles. The van der Waals surface area contributed by atoms with Crippen LogP contribution in [0.25, 0.3) is 0 Å². The van der Waals surface area contributed by atoms with E-state index >= 15 is 0 Å². The van der Waals surface area contributed by atoms with E-state index in [2.05, 4.69) is 13.8 Å². The van der Waals surface area contributed by atoms with Crippen LogP contribution in [0.4, 0.5) is 0 Å². The van der Waals surface area contributed by atoms with Crippen LogP contribution in [0.1, 0.15) is 51.5 Å². The van der Waals surface area contributed by atoms with Crippen LogP contribution in [0.3, 0.4) is 0 Å². The Balaban J connectivity index is 2.06. The van der Waals surface area contributed by atoms with Crippen LogP contribution in [-0.2, 0) is 20.0 Å². The summed E-state index contributed by atoms with van der Waals surface area (Å²) in [5.74, 6) is 0.525. The molecule has 1 atom stereocenters. The van der Waals surface area contributed by atoms with Crippen molar-refractivity contribution in [1.82, 2.24) is 8.61 Å². The fraction of sp³-hybridized carbons (Fsp3) is 0.667. The van der Waals surface area contributed by atoms with Gasteiger partial charge in [-0.05, 0) is 36.5 Å². The van der Waals surface area contributed by atoms with Crippen LogP contribution in [0.5, 0.6) is 0 Å². The van der Waals surface area contributed by atoms with Crippen LogP contribution in [0.2, 0.25) is 0 Å². The van der Waals surface area contributed by atoms with Crippen molar-refractivity contribution in [3.05, 3.63) is 29.8 Å². The van der Waals surface area contributed by atoms with Crippen LogP contribution < -0.4 is 0 Å². The molecule has 1 saturated heterocycles. The van der Waals surface area contributed by atoms with Crippen LogP contribution >= 0.6 is 0 Å². The molecule has 6 nitrogen and oxygen atoms in total. The number of nitrogens with zero attached hydrogens (tertiary/aromatic N) is 2. The number of hydrogen-bond donors (Lipinski definition) is 0. The summed E-state index contributed by atoms with van der Waals surface area (Å²) in [6, 6.07) is 7.04. The Hall–Kier alpha value is -0.960. The van der Waals surface area contributed by atoms with Crippen molar-refractivity contribution >= 4 is 20.0 Å². The van der Waals surface area contributed by atoms with E-state index in [1.807, 2.05) is 19.1 Å². The van der Waals surface area contributed by atoms with E-state index in [1.165, 1.54) is 8.61 Å². The lowest BCUT2D eigenvalue weighted by atomic mass is 9.99. The average molecular weight is 403 g/mol. The van der Waals surface area contributed by atoms with Gasteiger partial charge in [0.2, 0.25) is 20.0 Å². The highest BCUT2D eigenvalue weighted by Gasteiger charge is 2.32. The van der Waals surface area contributed by atoms with E-state index in [1.54, 1.807) is 12.1 Å². The Morgan fingerprint density at radius 2 is 1.46 bits per heavy atom. The van der Waals surface area contributed by atoms with E-state index in [0.717, 1.165) is 18.4 Å². The lowest BCUT2D eigenvalue weighted by Crippen LogP contribution is -2.50. The maximum Gasteiger partial charge on any atom is 0.243 e. The average Bonchev–Trinajstić information content (AvgIpc) is 2.66. The fourth-order valence-electron chi connectivity index (χ4n) is 3.00. The van der Waals surface area contributed by atoms with E-state index in [4.69, 9.17) is 0 Å². The van der Waals surface area contributed by atoms with Crippen molar-refractivity contribution < 1.29 is 16.8 Å². The molecule has 0 radical (unpaired) electrons. The summed E-state index contributed by atoms with van der Waals surface area (Å²) in [7, 11) is -6.87. The first-order valence-electron chi connectivity index (χ1n) is 9.30. The summed E-state index contributed by atoms with van der Waals surface area (Å²) in [5, 5.41) is 0. The largest absolute Gasteiger partial charge is 0.243 e. The topological polar surface area (TPSA) is 74.8 Å². The molecule has 0 aliphatic carbocycles. The fourth-order valence-corrected chi connectivity index (χ4v) is 6.05. The Kier molecular flexibility index (Phi) is 7.24. The molecule has 0 bridgehead atoms. The minimum absolute atomic E-state index is 0.132. The van der Waals surface area contributed by atoms with Gasteiger partial charge < -0.3 is 0 Å². The maximum atomic E-state index is 12.8. The van der Waals surface area contributed by atoms with Crippen molar-refractivity contribution in [3.63, 3.8) is 0 Å². The molecule has 0 aromatic heterocycles. The Labute approximate surface area is 158 Å². The smallest absolute Gasteiger partial charge is 0.212 e. The summed E-state index contributed by atoms with van der Waals surface area (Å²) < 4.78 is 53.0. The SMILES string of the molecule is CCCCS(=O)(=O)N1CCN(S(=O)(=O)c2ccc([C@H](C)CC)cc2)CC1. The zero-order chi connectivity index (χ0) is 19.4. The number of hydrogen-bond acceptors (Lipinski definition) is 4. The van der Waals surface area contributed by atoms with Gasteiger partial charge in [0.25, 0.3) is 0 Å². The van der Waals surface area contributed by atoms with Gasteiger partial charge in [0.15, 0.2) is 0 Å². The molecule has 1 heterocycles. The molecule has 148 valence electrons. The van der Waals surface area contributed by atoms with Gasteiger partial charge in [-0.1, -0.05) is 39.3 Å². The van der Waals surface area contributed by atoms with Crippen LogP contribution in [-0.4, -0.2) is 57.4 Å². The normalized spacial score (nSPS) is 18.7. The van der Waals surface area contributed by atoms with Crippen molar-refractivity contribution in [2.45, 2.75) is 50.8 Å². The number of piperazine rings is 1. The second-order valence-electron chi connectivity index (χ2n) is 6.85. The summed E-state index contributed by atoms with van der Waals surface area (Å²) in [5.41, 5.74) is 1.12. The second kappa shape index (κ2) is 8.82. The maximum absolute atomic E-state index is 12.8. The minimum atomic E-state index is -3.59. The van der Waals surface area contributed by atoms with Crippen LogP contribution in [0, 0.1) is 0 Å². The molecule has 2 rings (SSSR count). The number of benzene rings is 1. The first kappa shape index (κ1) is 21.3. The second-order valence-corrected chi connectivity index (χ2v) is 10.9. The zero-order valence-corrected chi connectivity index (χ0v) is 17.5. The van der Waals surface area contributed by atoms with Crippen molar-refractivity contribution in [2.75, 3.05) is 31.9 Å².